The van der Waals surface area contributed by atoms with Gasteiger partial charge in [0.2, 0.25) is 0 Å². The Bertz CT molecular complexity index is 157. The predicted molar refractivity (Wildman–Crippen MR) is 61.2 cm³/mol. The maximum absolute atomic E-state index is 10.4. The van der Waals surface area contributed by atoms with Crippen LogP contribution >= 0.6 is 0 Å². The number of hydrogen-bond donors (Lipinski definition) is 1. The van der Waals surface area contributed by atoms with Gasteiger partial charge in [-0.3, -0.25) is 0 Å². The van der Waals surface area contributed by atoms with E-state index in [1.54, 1.807) is 0 Å². The Morgan fingerprint density at radius 3 is 2.20 bits per heavy atom. The fourth-order valence-electron chi connectivity index (χ4n) is 1.64. The van der Waals surface area contributed by atoms with Crippen LogP contribution in [0.3, 0.4) is 0 Å². The average Bonchev–Trinajstić information content (AvgIpc) is 2.19. The van der Waals surface area contributed by atoms with Crippen LogP contribution in [-0.4, -0.2) is 17.4 Å². The Kier molecular flexibility index (Phi) is 9.33. The second kappa shape index (κ2) is 9.81. The quantitative estimate of drug-likeness (QED) is 0.464. The van der Waals surface area contributed by atoms with E-state index in [0.717, 1.165) is 32.1 Å². The van der Waals surface area contributed by atoms with E-state index < -0.39 is 6.16 Å². The van der Waals surface area contributed by atoms with Gasteiger partial charge in [0.15, 0.2) is 0 Å². The average molecular weight is 216 g/mol. The van der Waals surface area contributed by atoms with Gasteiger partial charge >= 0.3 is 6.16 Å². The van der Waals surface area contributed by atoms with Crippen molar-refractivity contribution >= 4 is 6.16 Å². The van der Waals surface area contributed by atoms with Gasteiger partial charge < -0.3 is 9.84 Å². The molecular formula is C12H24O3. The standard InChI is InChI=1S/C12H24O3/c1-3-5-7-8-10-11(9-6-4-2)15-12(13)14/h11H,3-10H2,1-2H3,(H,13,14). The number of carboxylic acid groups (broad SMARTS) is 1. The molecule has 3 heteroatoms. The summed E-state index contributed by atoms with van der Waals surface area (Å²) in [6.45, 7) is 4.28. The van der Waals surface area contributed by atoms with Crippen molar-refractivity contribution in [3.8, 4) is 0 Å². The minimum atomic E-state index is -1.13. The van der Waals surface area contributed by atoms with Gasteiger partial charge in [-0.05, 0) is 19.3 Å². The minimum Gasteiger partial charge on any atom is -0.450 e. The summed E-state index contributed by atoms with van der Waals surface area (Å²) in [5, 5.41) is 8.56. The van der Waals surface area contributed by atoms with E-state index in [1.165, 1.54) is 19.3 Å². The zero-order chi connectivity index (χ0) is 11.5. The largest absolute Gasteiger partial charge is 0.506 e. The topological polar surface area (TPSA) is 46.5 Å². The maximum atomic E-state index is 10.4. The zero-order valence-corrected chi connectivity index (χ0v) is 10.00. The summed E-state index contributed by atoms with van der Waals surface area (Å²) in [7, 11) is 0. The smallest absolute Gasteiger partial charge is 0.450 e. The third kappa shape index (κ3) is 9.57. The molecule has 1 N–H and O–H groups in total. The van der Waals surface area contributed by atoms with Gasteiger partial charge in [-0.25, -0.2) is 4.79 Å². The summed E-state index contributed by atoms with van der Waals surface area (Å²) in [6.07, 6.45) is 7.37. The Morgan fingerprint density at radius 1 is 1.07 bits per heavy atom. The monoisotopic (exact) mass is 216 g/mol. The van der Waals surface area contributed by atoms with Crippen LogP contribution in [0.4, 0.5) is 4.79 Å². The SMILES string of the molecule is CCCCCCC(CCCC)OC(=O)O. The molecule has 0 radical (unpaired) electrons. The first kappa shape index (κ1) is 14.3. The summed E-state index contributed by atoms with van der Waals surface area (Å²) < 4.78 is 4.85. The molecule has 90 valence electrons. The molecule has 0 fully saturated rings. The van der Waals surface area contributed by atoms with E-state index in [1.807, 2.05) is 0 Å². The number of hydrogen-bond acceptors (Lipinski definition) is 2. The Hall–Kier alpha value is -0.730. The maximum Gasteiger partial charge on any atom is 0.506 e. The van der Waals surface area contributed by atoms with Crippen LogP contribution in [0, 0.1) is 0 Å². The van der Waals surface area contributed by atoms with Crippen LogP contribution in [0.15, 0.2) is 0 Å². The Labute approximate surface area is 92.8 Å². The molecule has 0 saturated carbocycles. The summed E-state index contributed by atoms with van der Waals surface area (Å²) in [5.41, 5.74) is 0. The summed E-state index contributed by atoms with van der Waals surface area (Å²) in [6, 6.07) is 0. The van der Waals surface area contributed by atoms with Gasteiger partial charge in [-0.1, -0.05) is 46.0 Å². The lowest BCUT2D eigenvalue weighted by Crippen LogP contribution is -2.16. The number of carbonyl (C=O) groups is 1. The molecule has 15 heavy (non-hydrogen) atoms. The molecule has 0 heterocycles. The van der Waals surface area contributed by atoms with E-state index in [2.05, 4.69) is 13.8 Å². The summed E-state index contributed by atoms with van der Waals surface area (Å²) in [4.78, 5) is 10.4. The lowest BCUT2D eigenvalue weighted by Gasteiger charge is -2.15. The lowest BCUT2D eigenvalue weighted by molar-refractivity contribution is 0.0425. The molecule has 0 rings (SSSR count). The Morgan fingerprint density at radius 2 is 1.67 bits per heavy atom. The fraction of sp³-hybridized carbons (Fsp3) is 0.917. The van der Waals surface area contributed by atoms with Crippen molar-refractivity contribution in [2.45, 2.75) is 71.3 Å². The molecule has 0 spiro atoms. The van der Waals surface area contributed by atoms with Crippen molar-refractivity contribution in [3.63, 3.8) is 0 Å². The van der Waals surface area contributed by atoms with Gasteiger partial charge in [0.1, 0.15) is 6.10 Å². The van der Waals surface area contributed by atoms with Gasteiger partial charge in [-0.2, -0.15) is 0 Å². The first-order chi connectivity index (χ1) is 7.20. The molecule has 0 aromatic rings. The van der Waals surface area contributed by atoms with Gasteiger partial charge in [0.05, 0.1) is 0 Å². The minimum absolute atomic E-state index is 0.0840. The van der Waals surface area contributed by atoms with E-state index in [-0.39, 0.29) is 6.10 Å². The lowest BCUT2D eigenvalue weighted by atomic mass is 10.0. The van der Waals surface area contributed by atoms with Crippen molar-refractivity contribution in [3.05, 3.63) is 0 Å². The van der Waals surface area contributed by atoms with Crippen molar-refractivity contribution in [1.82, 2.24) is 0 Å². The molecule has 0 bridgehead atoms. The first-order valence-corrected chi connectivity index (χ1v) is 6.10. The molecule has 0 saturated heterocycles. The molecule has 0 aliphatic carbocycles. The second-order valence-electron chi connectivity index (χ2n) is 4.00. The molecule has 0 aromatic heterocycles. The molecule has 0 aromatic carbocycles. The summed E-state index contributed by atoms with van der Waals surface area (Å²) in [5.74, 6) is 0. The molecule has 0 aliphatic heterocycles. The van der Waals surface area contributed by atoms with Crippen molar-refractivity contribution in [2.24, 2.45) is 0 Å². The van der Waals surface area contributed by atoms with Crippen LogP contribution in [0.5, 0.6) is 0 Å². The highest BCUT2D eigenvalue weighted by atomic mass is 16.7. The first-order valence-electron chi connectivity index (χ1n) is 6.10. The fourth-order valence-corrected chi connectivity index (χ4v) is 1.64. The molecule has 1 atom stereocenters. The van der Waals surface area contributed by atoms with Crippen LogP contribution in [0.2, 0.25) is 0 Å². The highest BCUT2D eigenvalue weighted by Crippen LogP contribution is 2.14. The van der Waals surface area contributed by atoms with Crippen LogP contribution in [0.1, 0.15) is 65.2 Å². The summed E-state index contributed by atoms with van der Waals surface area (Å²) >= 11 is 0. The molecule has 1 unspecified atom stereocenters. The van der Waals surface area contributed by atoms with Crippen LogP contribution < -0.4 is 0 Å². The highest BCUT2D eigenvalue weighted by Gasteiger charge is 2.12. The van der Waals surface area contributed by atoms with E-state index >= 15 is 0 Å². The Balaban J connectivity index is 3.64. The van der Waals surface area contributed by atoms with Gasteiger partial charge in [0.25, 0.3) is 0 Å². The van der Waals surface area contributed by atoms with E-state index in [9.17, 15) is 4.79 Å². The molecule has 0 aliphatic rings. The molecule has 3 nitrogen and oxygen atoms in total. The zero-order valence-electron chi connectivity index (χ0n) is 10.00. The van der Waals surface area contributed by atoms with E-state index in [0.29, 0.717) is 0 Å². The molecular weight excluding hydrogens is 192 g/mol. The van der Waals surface area contributed by atoms with Crippen molar-refractivity contribution < 1.29 is 14.6 Å². The normalized spacial score (nSPS) is 12.4. The number of unbranched alkanes of at least 4 members (excludes halogenated alkanes) is 4. The highest BCUT2D eigenvalue weighted by molar-refractivity contribution is 5.57. The number of ether oxygens (including phenoxy) is 1. The third-order valence-corrected chi connectivity index (χ3v) is 2.53. The third-order valence-electron chi connectivity index (χ3n) is 2.53. The van der Waals surface area contributed by atoms with Gasteiger partial charge in [-0.15, -0.1) is 0 Å². The number of rotatable bonds is 9. The second-order valence-corrected chi connectivity index (χ2v) is 4.00. The van der Waals surface area contributed by atoms with Crippen molar-refractivity contribution in [1.29, 1.82) is 0 Å². The van der Waals surface area contributed by atoms with Crippen LogP contribution in [-0.2, 0) is 4.74 Å². The van der Waals surface area contributed by atoms with Crippen LogP contribution in [0.25, 0.3) is 0 Å². The van der Waals surface area contributed by atoms with E-state index in [4.69, 9.17) is 9.84 Å². The predicted octanol–water partition coefficient (Wildman–Crippen LogP) is 4.21. The van der Waals surface area contributed by atoms with Crippen molar-refractivity contribution in [2.75, 3.05) is 0 Å². The molecule has 0 amide bonds. The van der Waals surface area contributed by atoms with Gasteiger partial charge in [0, 0.05) is 0 Å².